The minimum atomic E-state index is 0.414. The summed E-state index contributed by atoms with van der Waals surface area (Å²) < 4.78 is 0. The summed E-state index contributed by atoms with van der Waals surface area (Å²) in [4.78, 5) is 2.48. The highest BCUT2D eigenvalue weighted by Crippen LogP contribution is 2.66. The van der Waals surface area contributed by atoms with Crippen LogP contribution < -0.4 is 5.32 Å². The van der Waals surface area contributed by atoms with Crippen LogP contribution in [-0.4, -0.2) is 37.1 Å². The van der Waals surface area contributed by atoms with Crippen molar-refractivity contribution in [2.45, 2.75) is 75.8 Å². The van der Waals surface area contributed by atoms with Crippen LogP contribution in [-0.2, 0) is 5.41 Å². The molecule has 27 heavy (non-hydrogen) atoms. The molecule has 3 atom stereocenters. The summed E-state index contributed by atoms with van der Waals surface area (Å²) in [5, 5.41) is 5.00. The fourth-order valence-corrected chi connectivity index (χ4v) is 7.81. The van der Waals surface area contributed by atoms with E-state index in [-0.39, 0.29) is 0 Å². The van der Waals surface area contributed by atoms with Gasteiger partial charge in [-0.2, -0.15) is 0 Å². The van der Waals surface area contributed by atoms with Gasteiger partial charge in [-0.25, -0.2) is 0 Å². The van der Waals surface area contributed by atoms with Gasteiger partial charge in [0.25, 0.3) is 0 Å². The molecule has 148 valence electrons. The molecule has 0 radical (unpaired) electrons. The summed E-state index contributed by atoms with van der Waals surface area (Å²) in [5.41, 5.74) is 2.49. The number of piperidine rings is 1. The first-order valence-corrected chi connectivity index (χ1v) is 11.5. The zero-order valence-electron chi connectivity index (χ0n) is 17.0. The molecule has 1 N–H and O–H groups in total. The molecule has 1 saturated heterocycles. The molecule has 4 aliphatic carbocycles. The maximum atomic E-state index is 6.20. The molecule has 1 aromatic rings. The molecule has 0 spiro atoms. The Morgan fingerprint density at radius 2 is 1.67 bits per heavy atom. The van der Waals surface area contributed by atoms with E-state index >= 15 is 0 Å². The summed E-state index contributed by atoms with van der Waals surface area (Å²) in [6.45, 7) is 5.01. The molecule has 0 amide bonds. The summed E-state index contributed by atoms with van der Waals surface area (Å²) in [5.74, 6) is 1.87. The lowest BCUT2D eigenvalue weighted by molar-refractivity contribution is -0.0903. The van der Waals surface area contributed by atoms with Crippen LogP contribution in [0.2, 0.25) is 5.02 Å². The lowest BCUT2D eigenvalue weighted by Crippen LogP contribution is -2.61. The number of hydrogen-bond donors (Lipinski definition) is 1. The van der Waals surface area contributed by atoms with Crippen LogP contribution in [0.15, 0.2) is 24.3 Å². The van der Waals surface area contributed by atoms with Crippen molar-refractivity contribution < 1.29 is 0 Å². The minimum absolute atomic E-state index is 0.414. The third-order valence-corrected chi connectivity index (χ3v) is 8.94. The van der Waals surface area contributed by atoms with Gasteiger partial charge >= 0.3 is 0 Å². The number of rotatable bonds is 4. The van der Waals surface area contributed by atoms with Crippen molar-refractivity contribution in [3.63, 3.8) is 0 Å². The third-order valence-electron chi connectivity index (χ3n) is 8.69. The van der Waals surface area contributed by atoms with Crippen LogP contribution in [0, 0.1) is 17.3 Å². The first-order chi connectivity index (χ1) is 13.0. The second-order valence-corrected chi connectivity index (χ2v) is 11.0. The van der Waals surface area contributed by atoms with Crippen molar-refractivity contribution in [2.75, 3.05) is 20.1 Å². The molecule has 6 rings (SSSR count). The second-order valence-electron chi connectivity index (χ2n) is 10.6. The van der Waals surface area contributed by atoms with Crippen LogP contribution in [0.25, 0.3) is 0 Å². The van der Waals surface area contributed by atoms with Gasteiger partial charge in [0.15, 0.2) is 0 Å². The van der Waals surface area contributed by atoms with Gasteiger partial charge in [-0.05, 0) is 119 Å². The van der Waals surface area contributed by atoms with Crippen LogP contribution in [0.1, 0.15) is 63.9 Å². The molecule has 0 unspecified atom stereocenters. The summed E-state index contributed by atoms with van der Waals surface area (Å²) in [6, 6.07) is 10.3. The predicted octanol–water partition coefficient (Wildman–Crippen LogP) is 5.25. The van der Waals surface area contributed by atoms with Crippen LogP contribution in [0.5, 0.6) is 0 Å². The van der Waals surface area contributed by atoms with Gasteiger partial charge in [0.2, 0.25) is 0 Å². The van der Waals surface area contributed by atoms with E-state index in [2.05, 4.69) is 48.5 Å². The number of hydrogen-bond acceptors (Lipinski definition) is 2. The first kappa shape index (κ1) is 18.5. The average molecular weight is 387 g/mol. The zero-order chi connectivity index (χ0) is 18.6. The molecule has 4 bridgehead atoms. The van der Waals surface area contributed by atoms with E-state index in [0.29, 0.717) is 16.9 Å². The lowest BCUT2D eigenvalue weighted by Gasteiger charge is -2.64. The maximum absolute atomic E-state index is 6.20. The third kappa shape index (κ3) is 3.26. The van der Waals surface area contributed by atoms with E-state index in [4.69, 9.17) is 11.6 Å². The molecule has 5 fully saturated rings. The molecule has 3 heteroatoms. The molecule has 1 heterocycles. The van der Waals surface area contributed by atoms with Crippen molar-refractivity contribution in [1.82, 2.24) is 10.2 Å². The van der Waals surface area contributed by atoms with Crippen LogP contribution in [0.3, 0.4) is 0 Å². The molecular formula is C24H35ClN2. The minimum Gasteiger partial charge on any atom is -0.311 e. The van der Waals surface area contributed by atoms with Gasteiger partial charge in [0.1, 0.15) is 0 Å². The van der Waals surface area contributed by atoms with Gasteiger partial charge in [-0.1, -0.05) is 23.7 Å². The number of benzene rings is 1. The van der Waals surface area contributed by atoms with Crippen molar-refractivity contribution in [3.8, 4) is 0 Å². The standard InChI is InChI=1S/C24H35ClN2/c1-17(26-22-7-9-27(2)10-8-22)23-12-18-11-19(13-23)15-24(14-18,16-23)20-3-5-21(25)6-4-20/h3-6,17-19,22,26H,7-16H2,1-2H3/t17-,18-,19-,23?,24?/m1/s1. The van der Waals surface area contributed by atoms with E-state index in [9.17, 15) is 0 Å². The largest absolute Gasteiger partial charge is 0.311 e. The molecule has 4 saturated carbocycles. The monoisotopic (exact) mass is 386 g/mol. The number of likely N-dealkylation sites (tertiary alicyclic amines) is 1. The topological polar surface area (TPSA) is 15.3 Å². The Morgan fingerprint density at radius 3 is 2.30 bits per heavy atom. The fraction of sp³-hybridized carbons (Fsp3) is 0.750. The Balaban J connectivity index is 1.38. The van der Waals surface area contributed by atoms with Crippen molar-refractivity contribution in [1.29, 1.82) is 0 Å². The SMILES string of the molecule is C[C@@H](NC1CCN(C)CC1)C12C[C@H]3C[C@@H](CC(c4ccc(Cl)cc4)(C3)C1)C2. The van der Waals surface area contributed by atoms with E-state index in [1.807, 2.05) is 0 Å². The normalized spacial score (nSPS) is 40.4. The molecule has 1 aromatic carbocycles. The van der Waals surface area contributed by atoms with E-state index in [0.717, 1.165) is 22.9 Å². The summed E-state index contributed by atoms with van der Waals surface area (Å²) >= 11 is 6.20. The summed E-state index contributed by atoms with van der Waals surface area (Å²) in [6.07, 6.45) is 11.2. The number of halogens is 1. The Kier molecular flexibility index (Phi) is 4.61. The van der Waals surface area contributed by atoms with E-state index < -0.39 is 0 Å². The average Bonchev–Trinajstić information content (AvgIpc) is 2.63. The lowest BCUT2D eigenvalue weighted by atomic mass is 9.41. The Hall–Kier alpha value is -0.570. The highest BCUT2D eigenvalue weighted by atomic mass is 35.5. The van der Waals surface area contributed by atoms with Gasteiger partial charge in [-0.3, -0.25) is 0 Å². The van der Waals surface area contributed by atoms with Gasteiger partial charge in [0, 0.05) is 17.1 Å². The predicted molar refractivity (Wildman–Crippen MR) is 113 cm³/mol. The Labute approximate surface area is 170 Å². The molecule has 1 aliphatic heterocycles. The second kappa shape index (κ2) is 6.75. The van der Waals surface area contributed by atoms with E-state index in [1.165, 1.54) is 64.5 Å². The van der Waals surface area contributed by atoms with Gasteiger partial charge < -0.3 is 10.2 Å². The van der Waals surface area contributed by atoms with Crippen LogP contribution >= 0.6 is 11.6 Å². The van der Waals surface area contributed by atoms with Crippen molar-refractivity contribution >= 4 is 11.6 Å². The first-order valence-electron chi connectivity index (χ1n) is 11.2. The summed E-state index contributed by atoms with van der Waals surface area (Å²) in [7, 11) is 2.26. The fourth-order valence-electron chi connectivity index (χ4n) is 7.69. The zero-order valence-corrected chi connectivity index (χ0v) is 17.8. The highest BCUT2D eigenvalue weighted by Gasteiger charge is 2.59. The maximum Gasteiger partial charge on any atom is 0.0406 e. The van der Waals surface area contributed by atoms with Crippen molar-refractivity contribution in [3.05, 3.63) is 34.9 Å². The quantitative estimate of drug-likeness (QED) is 0.760. The van der Waals surface area contributed by atoms with E-state index in [1.54, 1.807) is 5.56 Å². The Morgan fingerprint density at radius 1 is 1.04 bits per heavy atom. The number of nitrogens with zero attached hydrogens (tertiary/aromatic N) is 1. The van der Waals surface area contributed by atoms with Gasteiger partial charge in [0.05, 0.1) is 0 Å². The van der Waals surface area contributed by atoms with Crippen LogP contribution in [0.4, 0.5) is 0 Å². The molecule has 2 nitrogen and oxygen atoms in total. The molecular weight excluding hydrogens is 352 g/mol. The Bertz CT molecular complexity index is 662. The smallest absolute Gasteiger partial charge is 0.0406 e. The van der Waals surface area contributed by atoms with Crippen molar-refractivity contribution in [2.24, 2.45) is 17.3 Å². The highest BCUT2D eigenvalue weighted by molar-refractivity contribution is 6.30. The van der Waals surface area contributed by atoms with Gasteiger partial charge in [-0.15, -0.1) is 0 Å². The number of nitrogens with one attached hydrogen (secondary N) is 1. The molecule has 5 aliphatic rings. The molecule has 0 aromatic heterocycles.